The quantitative estimate of drug-likeness (QED) is 0.660. The first kappa shape index (κ1) is 20.3. The van der Waals surface area contributed by atoms with Crippen molar-refractivity contribution < 1.29 is 14.0 Å². The molecule has 0 saturated heterocycles. The van der Waals surface area contributed by atoms with E-state index >= 15 is 0 Å². The van der Waals surface area contributed by atoms with Gasteiger partial charge in [0.05, 0.1) is 11.7 Å². The molecule has 166 valence electrons. The van der Waals surface area contributed by atoms with Gasteiger partial charge in [-0.25, -0.2) is 18.7 Å². The van der Waals surface area contributed by atoms with Crippen molar-refractivity contribution in [3.05, 3.63) is 59.6 Å². The maximum Gasteiger partial charge on any atom is 0.291 e. The fourth-order valence-electron chi connectivity index (χ4n) is 3.98. The molecule has 2 aliphatic rings. The van der Waals surface area contributed by atoms with Gasteiger partial charge in [-0.15, -0.1) is 5.10 Å². The molecule has 0 spiro atoms. The molecule has 1 saturated carbocycles. The predicted molar refractivity (Wildman–Crippen MR) is 114 cm³/mol. The number of aryl methyl sites for hydroxylation is 1. The zero-order chi connectivity index (χ0) is 22.4. The van der Waals surface area contributed by atoms with E-state index in [4.69, 9.17) is 0 Å². The summed E-state index contributed by atoms with van der Waals surface area (Å²) in [4.78, 5) is 31.4. The Morgan fingerprint density at radius 1 is 1.19 bits per heavy atom. The van der Waals surface area contributed by atoms with E-state index in [2.05, 4.69) is 20.5 Å². The summed E-state index contributed by atoms with van der Waals surface area (Å²) < 4.78 is 16.6. The Morgan fingerprint density at radius 2 is 1.94 bits per heavy atom. The smallest absolute Gasteiger partial charge is 0.291 e. The van der Waals surface area contributed by atoms with Gasteiger partial charge in [-0.1, -0.05) is 12.1 Å². The van der Waals surface area contributed by atoms with E-state index in [0.717, 1.165) is 29.9 Å². The summed E-state index contributed by atoms with van der Waals surface area (Å²) in [6.07, 6.45) is 4.18. The lowest BCUT2D eigenvalue weighted by atomic mass is 10.1. The van der Waals surface area contributed by atoms with Gasteiger partial charge in [0, 0.05) is 25.6 Å². The molecule has 2 aromatic heterocycles. The monoisotopic (exact) mass is 437 g/mol. The van der Waals surface area contributed by atoms with E-state index in [1.54, 1.807) is 24.1 Å². The van der Waals surface area contributed by atoms with Crippen LogP contribution in [-0.4, -0.2) is 49.4 Å². The maximum atomic E-state index is 13.2. The number of hydrogen-bond donors (Lipinski definition) is 1. The molecule has 10 heteroatoms. The number of benzene rings is 1. The average Bonchev–Trinajstić information content (AvgIpc) is 3.39. The van der Waals surface area contributed by atoms with Crippen molar-refractivity contribution >= 4 is 17.6 Å². The minimum absolute atomic E-state index is 0.0209. The number of likely N-dealkylation sites (N-methyl/N-ethyl adjacent to an activating group) is 1. The van der Waals surface area contributed by atoms with Crippen LogP contribution >= 0.6 is 0 Å². The topological polar surface area (TPSA) is 97.9 Å². The Balaban J connectivity index is 1.27. The number of carbonyl (C=O) groups is 2. The van der Waals surface area contributed by atoms with Gasteiger partial charge >= 0.3 is 0 Å². The highest BCUT2D eigenvalue weighted by atomic mass is 19.1. The molecule has 0 bridgehead atoms. The van der Waals surface area contributed by atoms with E-state index in [-0.39, 0.29) is 23.6 Å². The summed E-state index contributed by atoms with van der Waals surface area (Å²) in [5.74, 6) is 0.213. The van der Waals surface area contributed by atoms with Gasteiger partial charge in [-0.3, -0.25) is 14.5 Å². The first-order chi connectivity index (χ1) is 15.4. The molecule has 9 nitrogen and oxygen atoms in total. The van der Waals surface area contributed by atoms with Crippen LogP contribution in [0, 0.1) is 5.82 Å². The molecule has 32 heavy (non-hydrogen) atoms. The highest BCUT2D eigenvalue weighted by molar-refractivity contribution is 6.00. The van der Waals surface area contributed by atoms with Gasteiger partial charge in [0.2, 0.25) is 5.82 Å². The van der Waals surface area contributed by atoms with Gasteiger partial charge < -0.3 is 5.32 Å². The van der Waals surface area contributed by atoms with Gasteiger partial charge in [-0.05, 0) is 43.9 Å². The van der Waals surface area contributed by atoms with Crippen molar-refractivity contribution in [2.24, 2.45) is 0 Å². The second-order valence-corrected chi connectivity index (χ2v) is 8.41. The number of rotatable bonds is 5. The van der Waals surface area contributed by atoms with Crippen molar-refractivity contribution in [3.63, 3.8) is 0 Å². The number of hydrogen-bond acceptors (Lipinski definition) is 5. The van der Waals surface area contributed by atoms with Crippen LogP contribution in [0.3, 0.4) is 0 Å². The van der Waals surface area contributed by atoms with Crippen LogP contribution in [0.25, 0.3) is 0 Å². The van der Waals surface area contributed by atoms with Crippen molar-refractivity contribution in [2.75, 3.05) is 11.9 Å². The van der Waals surface area contributed by atoms with Gasteiger partial charge in [0.25, 0.3) is 11.8 Å². The maximum absolute atomic E-state index is 13.2. The standard InChI is InChI=1S/C22H24FN7O2/c1-13(14-5-7-16(23)8-6-14)30-12-24-20(27-30)21(31)25-17-9-10-29-19(28(2)22(17)32)11-18(26-29)15-3-4-15/h5-8,11-13,15,17H,3-4,9-10H2,1-2H3,(H,25,31)/t13-,17?/m0/s1. The van der Waals surface area contributed by atoms with E-state index in [1.165, 1.54) is 23.1 Å². The molecule has 1 fully saturated rings. The zero-order valence-electron chi connectivity index (χ0n) is 17.9. The number of anilines is 1. The third-order valence-corrected chi connectivity index (χ3v) is 6.14. The van der Waals surface area contributed by atoms with Crippen molar-refractivity contribution in [3.8, 4) is 0 Å². The lowest BCUT2D eigenvalue weighted by Crippen LogP contribution is -2.47. The van der Waals surface area contributed by atoms with E-state index in [0.29, 0.717) is 18.9 Å². The number of nitrogens with zero attached hydrogens (tertiary/aromatic N) is 6. The van der Waals surface area contributed by atoms with Crippen LogP contribution in [0.1, 0.15) is 60.0 Å². The Morgan fingerprint density at radius 3 is 2.66 bits per heavy atom. The molecule has 3 aromatic rings. The van der Waals surface area contributed by atoms with Gasteiger partial charge in [0.1, 0.15) is 24.0 Å². The summed E-state index contributed by atoms with van der Waals surface area (Å²) >= 11 is 0. The van der Waals surface area contributed by atoms with Gasteiger partial charge in [0.15, 0.2) is 0 Å². The Bertz CT molecular complexity index is 1170. The molecule has 1 N–H and O–H groups in total. The molecule has 2 amide bonds. The molecule has 5 rings (SSSR count). The minimum atomic E-state index is -0.694. The third kappa shape index (κ3) is 3.76. The molecule has 0 radical (unpaired) electrons. The van der Waals surface area contributed by atoms with Gasteiger partial charge in [-0.2, -0.15) is 5.10 Å². The first-order valence-electron chi connectivity index (χ1n) is 10.7. The van der Waals surface area contributed by atoms with Crippen molar-refractivity contribution in [1.29, 1.82) is 0 Å². The first-order valence-corrected chi connectivity index (χ1v) is 10.7. The lowest BCUT2D eigenvalue weighted by molar-refractivity contribution is -0.120. The van der Waals surface area contributed by atoms with Crippen LogP contribution in [0.5, 0.6) is 0 Å². The lowest BCUT2D eigenvalue weighted by Gasteiger charge is -2.20. The Hall–Kier alpha value is -3.56. The predicted octanol–water partition coefficient (Wildman–Crippen LogP) is 2.27. The molecule has 3 heterocycles. The molecule has 1 aromatic carbocycles. The van der Waals surface area contributed by atoms with Crippen LogP contribution in [0.2, 0.25) is 0 Å². The molecule has 1 aliphatic heterocycles. The summed E-state index contributed by atoms with van der Waals surface area (Å²) in [5.41, 5.74) is 1.87. The summed E-state index contributed by atoms with van der Waals surface area (Å²) in [7, 11) is 1.70. The van der Waals surface area contributed by atoms with E-state index in [1.807, 2.05) is 17.7 Å². The van der Waals surface area contributed by atoms with Crippen LogP contribution in [0.4, 0.5) is 10.2 Å². The van der Waals surface area contributed by atoms with E-state index < -0.39 is 11.9 Å². The third-order valence-electron chi connectivity index (χ3n) is 6.14. The summed E-state index contributed by atoms with van der Waals surface area (Å²) in [5, 5.41) is 11.7. The zero-order valence-corrected chi connectivity index (χ0v) is 17.9. The Kier molecular flexibility index (Phi) is 4.99. The highest BCUT2D eigenvalue weighted by Gasteiger charge is 2.34. The number of halogens is 1. The molecular weight excluding hydrogens is 413 g/mol. The summed E-state index contributed by atoms with van der Waals surface area (Å²) in [6.45, 7) is 2.41. The number of amides is 2. The number of aromatic nitrogens is 5. The molecular formula is C22H24FN7O2. The molecule has 1 aliphatic carbocycles. The number of carbonyl (C=O) groups excluding carboxylic acids is 2. The van der Waals surface area contributed by atoms with Crippen molar-refractivity contribution in [1.82, 2.24) is 29.9 Å². The van der Waals surface area contributed by atoms with Crippen molar-refractivity contribution in [2.45, 2.75) is 50.7 Å². The number of nitrogens with one attached hydrogen (secondary N) is 1. The van der Waals surface area contributed by atoms with Crippen LogP contribution < -0.4 is 10.2 Å². The summed E-state index contributed by atoms with van der Waals surface area (Å²) in [6, 6.07) is 7.14. The average molecular weight is 437 g/mol. The van der Waals surface area contributed by atoms with Crippen LogP contribution in [0.15, 0.2) is 36.7 Å². The molecule has 2 atom stereocenters. The molecule has 1 unspecified atom stereocenters. The number of fused-ring (bicyclic) bond motifs is 1. The highest BCUT2D eigenvalue weighted by Crippen LogP contribution is 2.40. The fraction of sp³-hybridized carbons (Fsp3) is 0.409. The second kappa shape index (κ2) is 7.85. The SMILES string of the molecule is C[C@@H](c1ccc(F)cc1)n1cnc(C(=O)NC2CCn3nc(C4CC4)cc3N(C)C2=O)n1. The second-order valence-electron chi connectivity index (χ2n) is 8.41. The largest absolute Gasteiger partial charge is 0.337 e. The minimum Gasteiger partial charge on any atom is -0.337 e. The van der Waals surface area contributed by atoms with Crippen LogP contribution in [-0.2, 0) is 11.3 Å². The Labute approximate surface area is 184 Å². The normalized spacial score (nSPS) is 19.4. The van der Waals surface area contributed by atoms with E-state index in [9.17, 15) is 14.0 Å². The fourth-order valence-corrected chi connectivity index (χ4v) is 3.98.